The fourth-order valence-corrected chi connectivity index (χ4v) is 4.85. The fourth-order valence-electron chi connectivity index (χ4n) is 4.06. The Morgan fingerprint density at radius 1 is 1.14 bits per heavy atom. The average molecular weight is 412 g/mol. The number of thiophene rings is 1. The third-order valence-corrected chi connectivity index (χ3v) is 6.70. The lowest BCUT2D eigenvalue weighted by Crippen LogP contribution is -2.51. The van der Waals surface area contributed by atoms with E-state index in [-0.39, 0.29) is 12.5 Å². The molecule has 0 spiro atoms. The lowest BCUT2D eigenvalue weighted by molar-refractivity contribution is -0.130. The number of nitrogens with zero attached hydrogens (tertiary/aromatic N) is 3. The van der Waals surface area contributed by atoms with E-state index in [1.54, 1.807) is 18.4 Å². The summed E-state index contributed by atoms with van der Waals surface area (Å²) < 4.78 is 0. The van der Waals surface area contributed by atoms with Crippen LogP contribution in [0.5, 0.6) is 0 Å². The van der Waals surface area contributed by atoms with E-state index in [0.717, 1.165) is 38.9 Å². The van der Waals surface area contributed by atoms with Crippen molar-refractivity contribution in [3.05, 3.63) is 52.9 Å². The van der Waals surface area contributed by atoms with Crippen molar-refractivity contribution in [3.8, 4) is 0 Å². The first kappa shape index (κ1) is 19.8. The topological polar surface area (TPSA) is 60.0 Å². The van der Waals surface area contributed by atoms with Crippen LogP contribution in [0.25, 0.3) is 0 Å². The maximum Gasteiger partial charge on any atom is 0.242 e. The number of carbonyl (C=O) groups excluding carboxylic acids is 1. The van der Waals surface area contributed by atoms with Crippen LogP contribution in [0.15, 0.2) is 46.8 Å². The van der Waals surface area contributed by atoms with Gasteiger partial charge in [-0.15, -0.1) is 11.3 Å². The lowest BCUT2D eigenvalue weighted by atomic mass is 10.00. The zero-order valence-corrected chi connectivity index (χ0v) is 17.8. The zero-order valence-electron chi connectivity index (χ0n) is 16.9. The fraction of sp³-hybridized carbons (Fsp3) is 0.455. The molecule has 7 heteroatoms. The van der Waals surface area contributed by atoms with Crippen LogP contribution in [0, 0.1) is 0 Å². The van der Waals surface area contributed by atoms with Gasteiger partial charge < -0.3 is 20.4 Å². The van der Waals surface area contributed by atoms with Crippen LogP contribution in [0.3, 0.4) is 0 Å². The van der Waals surface area contributed by atoms with E-state index in [1.165, 1.54) is 16.1 Å². The van der Waals surface area contributed by atoms with Crippen LogP contribution in [0.1, 0.15) is 24.0 Å². The molecular formula is C22H29N5OS. The molecule has 0 aliphatic carbocycles. The number of amides is 1. The average Bonchev–Trinajstić information content (AvgIpc) is 3.31. The van der Waals surface area contributed by atoms with Gasteiger partial charge in [0.25, 0.3) is 0 Å². The summed E-state index contributed by atoms with van der Waals surface area (Å²) in [5.41, 5.74) is 2.61. The maximum atomic E-state index is 12.7. The van der Waals surface area contributed by atoms with E-state index >= 15 is 0 Å². The quantitative estimate of drug-likeness (QED) is 0.599. The summed E-state index contributed by atoms with van der Waals surface area (Å²) in [5.74, 6) is 0.834. The minimum atomic E-state index is 0.120. The van der Waals surface area contributed by atoms with Gasteiger partial charge in [-0.1, -0.05) is 24.3 Å². The van der Waals surface area contributed by atoms with Crippen LogP contribution < -0.4 is 15.5 Å². The van der Waals surface area contributed by atoms with Crippen LogP contribution in [-0.2, 0) is 17.8 Å². The summed E-state index contributed by atoms with van der Waals surface area (Å²) in [4.78, 5) is 21.4. The van der Waals surface area contributed by atoms with Crippen LogP contribution in [0.2, 0.25) is 0 Å². The summed E-state index contributed by atoms with van der Waals surface area (Å²) in [6, 6.07) is 13.1. The molecule has 2 N–H and O–H groups in total. The van der Waals surface area contributed by atoms with E-state index in [9.17, 15) is 4.79 Å². The predicted molar refractivity (Wildman–Crippen MR) is 120 cm³/mol. The molecule has 1 saturated heterocycles. The van der Waals surface area contributed by atoms with E-state index in [0.29, 0.717) is 18.5 Å². The number of guanidine groups is 1. The van der Waals surface area contributed by atoms with Gasteiger partial charge in [0.1, 0.15) is 0 Å². The van der Waals surface area contributed by atoms with Gasteiger partial charge in [-0.2, -0.15) is 0 Å². The molecule has 1 amide bonds. The van der Waals surface area contributed by atoms with Crippen molar-refractivity contribution < 1.29 is 4.79 Å². The Morgan fingerprint density at radius 2 is 1.93 bits per heavy atom. The smallest absolute Gasteiger partial charge is 0.242 e. The van der Waals surface area contributed by atoms with Crippen molar-refractivity contribution in [1.82, 2.24) is 15.5 Å². The summed E-state index contributed by atoms with van der Waals surface area (Å²) in [7, 11) is 1.76. The monoisotopic (exact) mass is 411 g/mol. The molecule has 1 fully saturated rings. The van der Waals surface area contributed by atoms with Crippen molar-refractivity contribution in [1.29, 1.82) is 0 Å². The van der Waals surface area contributed by atoms with Gasteiger partial charge >= 0.3 is 0 Å². The first-order valence-electron chi connectivity index (χ1n) is 10.3. The number of anilines is 1. The first-order valence-corrected chi connectivity index (χ1v) is 11.2. The normalized spacial score (nSPS) is 17.8. The molecular weight excluding hydrogens is 382 g/mol. The predicted octanol–water partition coefficient (Wildman–Crippen LogP) is 2.47. The number of hydrogen-bond acceptors (Lipinski definition) is 4. The van der Waals surface area contributed by atoms with Gasteiger partial charge in [-0.3, -0.25) is 9.79 Å². The highest BCUT2D eigenvalue weighted by molar-refractivity contribution is 7.14. The maximum absolute atomic E-state index is 12.7. The molecule has 0 atom stereocenters. The zero-order chi connectivity index (χ0) is 20.1. The Balaban J connectivity index is 1.22. The Kier molecular flexibility index (Phi) is 6.34. The lowest BCUT2D eigenvalue weighted by Gasteiger charge is -2.33. The van der Waals surface area contributed by atoms with Crippen LogP contribution in [-0.4, -0.2) is 56.0 Å². The van der Waals surface area contributed by atoms with Crippen molar-refractivity contribution in [2.75, 3.05) is 38.1 Å². The van der Waals surface area contributed by atoms with Gasteiger partial charge in [-0.05, 0) is 47.9 Å². The van der Waals surface area contributed by atoms with Crippen molar-refractivity contribution in [2.45, 2.75) is 31.8 Å². The van der Waals surface area contributed by atoms with E-state index in [4.69, 9.17) is 0 Å². The summed E-state index contributed by atoms with van der Waals surface area (Å²) in [6.07, 6.45) is 3.06. The van der Waals surface area contributed by atoms with Crippen molar-refractivity contribution >= 4 is 28.2 Å². The van der Waals surface area contributed by atoms with E-state index in [1.807, 2.05) is 11.0 Å². The number of fused-ring (bicyclic) bond motifs is 1. The molecule has 154 valence electrons. The number of carbonyl (C=O) groups is 1. The summed E-state index contributed by atoms with van der Waals surface area (Å²) in [6.45, 7) is 3.84. The summed E-state index contributed by atoms with van der Waals surface area (Å²) in [5, 5.41) is 10.2. The number of rotatable bonds is 4. The molecule has 1 aromatic heterocycles. The Labute approximate surface area is 176 Å². The molecule has 1 aromatic carbocycles. The van der Waals surface area contributed by atoms with Crippen molar-refractivity contribution in [3.63, 3.8) is 0 Å². The molecule has 6 nitrogen and oxygen atoms in total. The molecule has 4 rings (SSSR count). The molecule has 0 unspecified atom stereocenters. The molecule has 0 radical (unpaired) electrons. The second-order valence-electron chi connectivity index (χ2n) is 7.62. The van der Waals surface area contributed by atoms with Crippen LogP contribution in [0.4, 0.5) is 5.00 Å². The largest absolute Gasteiger partial charge is 0.363 e. The Hall–Kier alpha value is -2.54. The second-order valence-corrected chi connectivity index (χ2v) is 8.54. The second kappa shape index (κ2) is 9.31. The minimum absolute atomic E-state index is 0.120. The molecule has 3 heterocycles. The highest BCUT2D eigenvalue weighted by atomic mass is 32.1. The van der Waals surface area contributed by atoms with E-state index < -0.39 is 0 Å². The minimum Gasteiger partial charge on any atom is -0.363 e. The standard InChI is InChI=1S/C22H29N5OS/c1-23-22(25-19-9-12-26(13-10-19)21-7-4-14-29-21)24-15-20(28)27-11-8-17-5-2-3-6-18(17)16-27/h2-7,14,19H,8-13,15-16H2,1H3,(H2,23,24,25). The van der Waals surface area contributed by atoms with Crippen molar-refractivity contribution in [2.24, 2.45) is 4.99 Å². The number of aliphatic imine (C=N–C) groups is 1. The van der Waals surface area contributed by atoms with Crippen LogP contribution >= 0.6 is 11.3 Å². The highest BCUT2D eigenvalue weighted by Gasteiger charge is 2.22. The van der Waals surface area contributed by atoms with E-state index in [2.05, 4.69) is 56.2 Å². The third kappa shape index (κ3) is 4.90. The van der Waals surface area contributed by atoms with Gasteiger partial charge in [0.05, 0.1) is 11.5 Å². The molecule has 0 bridgehead atoms. The number of benzene rings is 1. The molecule has 2 aliphatic heterocycles. The van der Waals surface area contributed by atoms with Gasteiger partial charge in [-0.25, -0.2) is 0 Å². The molecule has 2 aromatic rings. The Bertz CT molecular complexity index is 843. The van der Waals surface area contributed by atoms with Gasteiger partial charge in [0.15, 0.2) is 5.96 Å². The van der Waals surface area contributed by atoms with Gasteiger partial charge in [0.2, 0.25) is 5.91 Å². The number of piperidine rings is 1. The van der Waals surface area contributed by atoms with Gasteiger partial charge in [0, 0.05) is 39.3 Å². The number of nitrogens with one attached hydrogen (secondary N) is 2. The number of hydrogen-bond donors (Lipinski definition) is 2. The first-order chi connectivity index (χ1) is 14.2. The Morgan fingerprint density at radius 3 is 2.66 bits per heavy atom. The molecule has 29 heavy (non-hydrogen) atoms. The summed E-state index contributed by atoms with van der Waals surface area (Å²) >= 11 is 1.80. The molecule has 2 aliphatic rings. The highest BCUT2D eigenvalue weighted by Crippen LogP contribution is 2.24. The third-order valence-electron chi connectivity index (χ3n) is 5.77. The molecule has 0 saturated carbocycles. The SMILES string of the molecule is CN=C(NCC(=O)N1CCc2ccccc2C1)NC1CCN(c2cccs2)CC1.